The molecule has 2 aromatic rings. The number of ether oxygens (including phenoxy) is 2. The van der Waals surface area contributed by atoms with Crippen LogP contribution in [-0.4, -0.2) is 37.5 Å². The first kappa shape index (κ1) is 25.2. The van der Waals surface area contributed by atoms with Crippen molar-refractivity contribution >= 4 is 23.8 Å². The van der Waals surface area contributed by atoms with Gasteiger partial charge in [0.15, 0.2) is 0 Å². The summed E-state index contributed by atoms with van der Waals surface area (Å²) in [4.78, 5) is 34.5. The number of primary amides is 1. The monoisotopic (exact) mass is 469 g/mol. The molecule has 0 aromatic heterocycles. The Balaban J connectivity index is 1.96. The molecule has 0 unspecified atom stereocenters. The Morgan fingerprint density at radius 3 is 2.21 bits per heavy atom. The van der Waals surface area contributed by atoms with Crippen molar-refractivity contribution in [1.82, 2.24) is 10.6 Å². The van der Waals surface area contributed by atoms with Gasteiger partial charge in [0.2, 0.25) is 11.8 Å². The molecule has 0 saturated heterocycles. The van der Waals surface area contributed by atoms with Gasteiger partial charge < -0.3 is 25.8 Å². The highest BCUT2D eigenvalue weighted by molar-refractivity contribution is 5.96. The van der Waals surface area contributed by atoms with Gasteiger partial charge in [0.1, 0.15) is 11.5 Å². The summed E-state index contributed by atoms with van der Waals surface area (Å²) in [5.41, 5.74) is 5.93. The summed E-state index contributed by atoms with van der Waals surface area (Å²) >= 11 is 0. The average Bonchev–Trinajstić information content (AvgIpc) is 2.75. The molecule has 33 heavy (non-hydrogen) atoms. The van der Waals surface area contributed by atoms with E-state index in [0.717, 1.165) is 18.2 Å². The molecule has 12 heteroatoms. The quantitative estimate of drug-likeness (QED) is 0.345. The van der Waals surface area contributed by atoms with Crippen LogP contribution in [0.5, 0.6) is 11.5 Å². The molecule has 0 aliphatic rings. The number of amides is 3. The maximum Gasteiger partial charge on any atom is 0.387 e. The molecule has 0 bridgehead atoms. The zero-order chi connectivity index (χ0) is 24.4. The third-order valence-corrected chi connectivity index (χ3v) is 3.95. The summed E-state index contributed by atoms with van der Waals surface area (Å²) in [5, 5.41) is 4.89. The number of hydrogen-bond acceptors (Lipinski definition) is 5. The van der Waals surface area contributed by atoms with E-state index in [9.17, 15) is 31.9 Å². The van der Waals surface area contributed by atoms with Crippen molar-refractivity contribution in [2.24, 2.45) is 5.73 Å². The summed E-state index contributed by atoms with van der Waals surface area (Å²) in [6.07, 6.45) is 2.22. The largest absolute Gasteiger partial charge is 0.435 e. The second kappa shape index (κ2) is 12.1. The second-order valence-electron chi connectivity index (χ2n) is 6.35. The molecule has 0 spiro atoms. The first-order chi connectivity index (χ1) is 15.6. The Morgan fingerprint density at radius 2 is 1.61 bits per heavy atom. The predicted molar refractivity (Wildman–Crippen MR) is 109 cm³/mol. The fourth-order valence-electron chi connectivity index (χ4n) is 2.48. The van der Waals surface area contributed by atoms with Crippen molar-refractivity contribution in [2.75, 3.05) is 6.54 Å². The van der Waals surface area contributed by atoms with Crippen LogP contribution >= 0.6 is 0 Å². The Kier molecular flexibility index (Phi) is 9.21. The van der Waals surface area contributed by atoms with E-state index in [4.69, 9.17) is 5.73 Å². The standard InChI is InChI=1S/C21H19F4N3O5/c22-20(23)32-15-7-5-13(16(9-15)33-21(24)25)6-8-18(30)27-10-12-1-3-14(4-2-12)19(31)28-11-17(26)29/h1-9,20-21H,10-11H2,(H2,26,29)(H,27,30)(H,28,31)/b8-6+. The number of carbonyl (C=O) groups is 3. The van der Waals surface area contributed by atoms with Gasteiger partial charge in [-0.05, 0) is 35.9 Å². The molecule has 8 nitrogen and oxygen atoms in total. The number of hydrogen-bond donors (Lipinski definition) is 3. The van der Waals surface area contributed by atoms with Crippen LogP contribution < -0.4 is 25.8 Å². The zero-order valence-electron chi connectivity index (χ0n) is 16.9. The normalized spacial score (nSPS) is 11.0. The van der Waals surface area contributed by atoms with Gasteiger partial charge in [0, 0.05) is 29.8 Å². The number of carbonyl (C=O) groups excluding carboxylic acids is 3. The van der Waals surface area contributed by atoms with Crippen molar-refractivity contribution in [3.8, 4) is 11.5 Å². The molecule has 0 radical (unpaired) electrons. The predicted octanol–water partition coefficient (Wildman–Crippen LogP) is 2.43. The molecule has 2 rings (SSSR count). The third-order valence-electron chi connectivity index (χ3n) is 3.95. The molecule has 4 N–H and O–H groups in total. The number of nitrogens with two attached hydrogens (primary N) is 1. The smallest absolute Gasteiger partial charge is 0.387 e. The lowest BCUT2D eigenvalue weighted by Crippen LogP contribution is -2.33. The van der Waals surface area contributed by atoms with E-state index in [1.54, 1.807) is 12.1 Å². The number of benzene rings is 2. The SMILES string of the molecule is NC(=O)CNC(=O)c1ccc(CNC(=O)/C=C/c2ccc(OC(F)F)cc2OC(F)F)cc1. The first-order valence-corrected chi connectivity index (χ1v) is 9.29. The third kappa shape index (κ3) is 8.89. The molecule has 0 atom stereocenters. The van der Waals surface area contributed by atoms with Gasteiger partial charge in [-0.25, -0.2) is 0 Å². The summed E-state index contributed by atoms with van der Waals surface area (Å²) < 4.78 is 58.2. The maximum atomic E-state index is 12.6. The Bertz CT molecular complexity index is 1010. The van der Waals surface area contributed by atoms with Crippen molar-refractivity contribution < 1.29 is 41.4 Å². The van der Waals surface area contributed by atoms with Gasteiger partial charge in [0.05, 0.1) is 6.54 Å². The molecule has 0 heterocycles. The van der Waals surface area contributed by atoms with E-state index in [0.29, 0.717) is 5.56 Å². The van der Waals surface area contributed by atoms with E-state index in [-0.39, 0.29) is 30.0 Å². The van der Waals surface area contributed by atoms with Gasteiger partial charge in [0.25, 0.3) is 5.91 Å². The van der Waals surface area contributed by atoms with E-state index < -0.39 is 36.7 Å². The lowest BCUT2D eigenvalue weighted by atomic mass is 10.1. The summed E-state index contributed by atoms with van der Waals surface area (Å²) in [5.74, 6) is -2.57. The van der Waals surface area contributed by atoms with Crippen LogP contribution in [0.15, 0.2) is 48.5 Å². The summed E-state index contributed by atoms with van der Waals surface area (Å²) in [6, 6.07) is 9.30. The van der Waals surface area contributed by atoms with E-state index in [2.05, 4.69) is 20.1 Å². The van der Waals surface area contributed by atoms with Gasteiger partial charge in [-0.2, -0.15) is 17.6 Å². The molecule has 0 aliphatic carbocycles. The molecular weight excluding hydrogens is 450 g/mol. The fourth-order valence-corrected chi connectivity index (χ4v) is 2.48. The van der Waals surface area contributed by atoms with Crippen LogP contribution in [0.25, 0.3) is 6.08 Å². The highest BCUT2D eigenvalue weighted by atomic mass is 19.3. The number of alkyl halides is 4. The van der Waals surface area contributed by atoms with Crippen LogP contribution in [0.3, 0.4) is 0 Å². The van der Waals surface area contributed by atoms with Crippen molar-refractivity contribution in [3.63, 3.8) is 0 Å². The molecule has 2 aromatic carbocycles. The van der Waals surface area contributed by atoms with Crippen LogP contribution in [0.4, 0.5) is 17.6 Å². The van der Waals surface area contributed by atoms with Gasteiger partial charge in [-0.3, -0.25) is 14.4 Å². The van der Waals surface area contributed by atoms with Gasteiger partial charge in [-0.15, -0.1) is 0 Å². The molecule has 0 fully saturated rings. The summed E-state index contributed by atoms with van der Waals surface area (Å²) in [7, 11) is 0. The number of halogens is 4. The van der Waals surface area contributed by atoms with Crippen LogP contribution in [0.1, 0.15) is 21.5 Å². The number of nitrogens with one attached hydrogen (secondary N) is 2. The summed E-state index contributed by atoms with van der Waals surface area (Å²) in [6.45, 7) is -6.56. The van der Waals surface area contributed by atoms with E-state index in [1.165, 1.54) is 24.3 Å². The fraction of sp³-hybridized carbons (Fsp3) is 0.190. The van der Waals surface area contributed by atoms with Crippen molar-refractivity contribution in [2.45, 2.75) is 19.8 Å². The second-order valence-corrected chi connectivity index (χ2v) is 6.35. The van der Waals surface area contributed by atoms with Crippen LogP contribution in [0, 0.1) is 0 Å². The van der Waals surface area contributed by atoms with Gasteiger partial charge >= 0.3 is 13.2 Å². The van der Waals surface area contributed by atoms with Gasteiger partial charge in [-0.1, -0.05) is 12.1 Å². The zero-order valence-corrected chi connectivity index (χ0v) is 16.9. The van der Waals surface area contributed by atoms with E-state index in [1.807, 2.05) is 0 Å². The van der Waals surface area contributed by atoms with Crippen LogP contribution in [0.2, 0.25) is 0 Å². The Labute approximate surface area is 185 Å². The highest BCUT2D eigenvalue weighted by Gasteiger charge is 2.12. The molecule has 3 amide bonds. The Morgan fingerprint density at radius 1 is 0.939 bits per heavy atom. The first-order valence-electron chi connectivity index (χ1n) is 9.29. The highest BCUT2D eigenvalue weighted by Crippen LogP contribution is 2.28. The molecule has 0 aliphatic heterocycles. The topological polar surface area (TPSA) is 120 Å². The minimum atomic E-state index is -3.21. The lowest BCUT2D eigenvalue weighted by molar-refractivity contribution is -0.117. The lowest BCUT2D eigenvalue weighted by Gasteiger charge is -2.11. The number of rotatable bonds is 11. The van der Waals surface area contributed by atoms with Crippen LogP contribution in [-0.2, 0) is 16.1 Å². The average molecular weight is 469 g/mol. The maximum absolute atomic E-state index is 12.6. The van der Waals surface area contributed by atoms with Crippen molar-refractivity contribution in [3.05, 3.63) is 65.2 Å². The molecule has 176 valence electrons. The molecule has 0 saturated carbocycles. The Hall–Kier alpha value is -4.09. The molecular formula is C21H19F4N3O5. The minimum Gasteiger partial charge on any atom is -0.435 e. The minimum absolute atomic E-state index is 0.0402. The van der Waals surface area contributed by atoms with Crippen molar-refractivity contribution in [1.29, 1.82) is 0 Å². The van der Waals surface area contributed by atoms with E-state index >= 15 is 0 Å².